The maximum Gasteiger partial charge on any atom is 0.322 e. The van der Waals surface area contributed by atoms with Crippen molar-refractivity contribution in [3.8, 4) is 0 Å². The molecule has 15 heavy (non-hydrogen) atoms. The Morgan fingerprint density at radius 1 is 1.33 bits per heavy atom. The van der Waals surface area contributed by atoms with Gasteiger partial charge in [-0.05, 0) is 12.8 Å². The fourth-order valence-electron chi connectivity index (χ4n) is 1.85. The topological polar surface area (TPSA) is 94.9 Å². The van der Waals surface area contributed by atoms with Gasteiger partial charge in [0.1, 0.15) is 6.04 Å². The van der Waals surface area contributed by atoms with Crippen LogP contribution in [-0.2, 0) is 14.8 Å². The van der Waals surface area contributed by atoms with Gasteiger partial charge in [0.15, 0.2) is 0 Å². The zero-order valence-corrected chi connectivity index (χ0v) is 8.85. The fraction of sp³-hybridized carbons (Fsp3) is 0.875. The second-order valence-corrected chi connectivity index (χ2v) is 6.22. The molecule has 2 rings (SSSR count). The Bertz CT molecular complexity index is 374. The third kappa shape index (κ3) is 1.86. The van der Waals surface area contributed by atoms with Crippen LogP contribution in [0, 0.1) is 0 Å². The van der Waals surface area contributed by atoms with Crippen molar-refractivity contribution in [3.05, 3.63) is 0 Å². The summed E-state index contributed by atoms with van der Waals surface area (Å²) in [5, 5.41) is 17.7. The van der Waals surface area contributed by atoms with E-state index in [9.17, 15) is 18.3 Å². The maximum atomic E-state index is 11.8. The Balaban J connectivity index is 2.23. The van der Waals surface area contributed by atoms with Crippen molar-refractivity contribution in [2.45, 2.75) is 36.7 Å². The van der Waals surface area contributed by atoms with Crippen LogP contribution in [0.2, 0.25) is 0 Å². The van der Waals surface area contributed by atoms with Gasteiger partial charge in [-0.2, -0.15) is 4.31 Å². The highest BCUT2D eigenvalue weighted by Gasteiger charge is 2.48. The molecule has 1 aliphatic carbocycles. The van der Waals surface area contributed by atoms with Crippen LogP contribution in [0.5, 0.6) is 0 Å². The zero-order valence-electron chi connectivity index (χ0n) is 8.04. The number of carbonyl (C=O) groups is 1. The van der Waals surface area contributed by atoms with E-state index in [1.807, 2.05) is 0 Å². The standard InChI is InChI=1S/C8H13NO5S/c10-5-3-7(8(11)12)9(4-5)15(13,14)6-1-2-6/h5-7,10H,1-4H2,(H,11,12). The highest BCUT2D eigenvalue weighted by Crippen LogP contribution is 2.34. The summed E-state index contributed by atoms with van der Waals surface area (Å²) in [6.45, 7) is -0.0875. The Hall–Kier alpha value is -0.660. The molecule has 1 saturated heterocycles. The second-order valence-electron chi connectivity index (χ2n) is 4.06. The lowest BCUT2D eigenvalue weighted by atomic mass is 10.2. The number of β-amino-alcohol motifs (C(OH)–C–C–N with tert-alkyl or cyclic N) is 1. The van der Waals surface area contributed by atoms with Crippen LogP contribution in [0.1, 0.15) is 19.3 Å². The summed E-state index contributed by atoms with van der Waals surface area (Å²) in [6.07, 6.45) is 0.323. The molecule has 0 aromatic rings. The molecule has 6 nitrogen and oxygen atoms in total. The average Bonchev–Trinajstić information content (AvgIpc) is 2.89. The van der Waals surface area contributed by atoms with Crippen LogP contribution in [0.4, 0.5) is 0 Å². The van der Waals surface area contributed by atoms with E-state index in [1.165, 1.54) is 0 Å². The first kappa shape index (κ1) is 10.8. The SMILES string of the molecule is O=C(O)C1CC(O)CN1S(=O)(=O)C1CC1. The Labute approximate surface area is 87.6 Å². The van der Waals surface area contributed by atoms with Gasteiger partial charge in [0.2, 0.25) is 10.0 Å². The molecule has 7 heteroatoms. The van der Waals surface area contributed by atoms with E-state index < -0.39 is 33.4 Å². The minimum Gasteiger partial charge on any atom is -0.480 e. The minimum absolute atomic E-state index is 0.0126. The minimum atomic E-state index is -3.50. The van der Waals surface area contributed by atoms with Gasteiger partial charge in [0, 0.05) is 13.0 Å². The molecule has 0 radical (unpaired) electrons. The summed E-state index contributed by atoms with van der Waals surface area (Å²) in [5.41, 5.74) is 0. The first-order chi connectivity index (χ1) is 6.93. The summed E-state index contributed by atoms with van der Waals surface area (Å²) in [5.74, 6) is -1.18. The van der Waals surface area contributed by atoms with Gasteiger partial charge in [-0.3, -0.25) is 4.79 Å². The monoisotopic (exact) mass is 235 g/mol. The van der Waals surface area contributed by atoms with Crippen molar-refractivity contribution in [2.75, 3.05) is 6.54 Å². The molecule has 0 amide bonds. The largest absolute Gasteiger partial charge is 0.480 e. The highest BCUT2D eigenvalue weighted by molar-refractivity contribution is 7.90. The molecule has 1 aliphatic heterocycles. The number of hydrogen-bond donors (Lipinski definition) is 2. The molecular weight excluding hydrogens is 222 g/mol. The van der Waals surface area contributed by atoms with Crippen molar-refractivity contribution >= 4 is 16.0 Å². The van der Waals surface area contributed by atoms with Crippen molar-refractivity contribution in [2.24, 2.45) is 0 Å². The predicted octanol–water partition coefficient (Wildman–Crippen LogP) is -1.00. The molecule has 2 unspecified atom stereocenters. The number of nitrogens with zero attached hydrogens (tertiary/aromatic N) is 1. The van der Waals surface area contributed by atoms with E-state index in [0.717, 1.165) is 4.31 Å². The lowest BCUT2D eigenvalue weighted by Crippen LogP contribution is -2.42. The van der Waals surface area contributed by atoms with Crippen molar-refractivity contribution in [3.63, 3.8) is 0 Å². The number of carboxylic acid groups (broad SMARTS) is 1. The molecule has 2 atom stereocenters. The zero-order chi connectivity index (χ0) is 11.2. The van der Waals surface area contributed by atoms with E-state index in [2.05, 4.69) is 0 Å². The molecule has 2 aliphatic rings. The first-order valence-electron chi connectivity index (χ1n) is 4.84. The third-order valence-electron chi connectivity index (χ3n) is 2.79. The molecule has 0 bridgehead atoms. The van der Waals surface area contributed by atoms with E-state index in [0.29, 0.717) is 12.8 Å². The second kappa shape index (κ2) is 3.43. The van der Waals surface area contributed by atoms with Crippen molar-refractivity contribution < 1.29 is 23.4 Å². The van der Waals surface area contributed by atoms with Crippen LogP contribution >= 0.6 is 0 Å². The third-order valence-corrected chi connectivity index (χ3v) is 5.16. The highest BCUT2D eigenvalue weighted by atomic mass is 32.2. The maximum absolute atomic E-state index is 11.8. The Morgan fingerprint density at radius 2 is 1.93 bits per heavy atom. The van der Waals surface area contributed by atoms with Crippen LogP contribution in [0.25, 0.3) is 0 Å². The van der Waals surface area contributed by atoms with Crippen LogP contribution < -0.4 is 0 Å². The van der Waals surface area contributed by atoms with Crippen molar-refractivity contribution in [1.29, 1.82) is 0 Å². The molecule has 0 aromatic carbocycles. The number of aliphatic carboxylic acids is 1. The number of sulfonamides is 1. The molecule has 1 heterocycles. The number of aliphatic hydroxyl groups excluding tert-OH is 1. The predicted molar refractivity (Wildman–Crippen MR) is 50.7 cm³/mol. The summed E-state index contributed by atoms with van der Waals surface area (Å²) in [4.78, 5) is 10.8. The number of rotatable bonds is 3. The van der Waals surface area contributed by atoms with Gasteiger partial charge >= 0.3 is 5.97 Å². The molecular formula is C8H13NO5S. The van der Waals surface area contributed by atoms with E-state index >= 15 is 0 Å². The average molecular weight is 235 g/mol. The first-order valence-corrected chi connectivity index (χ1v) is 6.35. The summed E-state index contributed by atoms with van der Waals surface area (Å²) < 4.78 is 24.6. The van der Waals surface area contributed by atoms with Gasteiger partial charge in [0.05, 0.1) is 11.4 Å². The lowest BCUT2D eigenvalue weighted by molar-refractivity contribution is -0.140. The van der Waals surface area contributed by atoms with E-state index in [1.54, 1.807) is 0 Å². The van der Waals surface area contributed by atoms with Gasteiger partial charge < -0.3 is 10.2 Å². The molecule has 86 valence electrons. The van der Waals surface area contributed by atoms with Crippen LogP contribution in [-0.4, -0.2) is 52.8 Å². The quantitative estimate of drug-likeness (QED) is 0.654. The molecule has 0 spiro atoms. The Kier molecular flexibility index (Phi) is 2.48. The van der Waals surface area contributed by atoms with Crippen molar-refractivity contribution in [1.82, 2.24) is 4.31 Å². The number of carboxylic acids is 1. The Morgan fingerprint density at radius 3 is 2.40 bits per heavy atom. The van der Waals surface area contributed by atoms with Gasteiger partial charge in [-0.25, -0.2) is 8.42 Å². The molecule has 0 aromatic heterocycles. The summed E-state index contributed by atoms with van der Waals surface area (Å²) in [6, 6.07) is -1.09. The van der Waals surface area contributed by atoms with Gasteiger partial charge in [0.25, 0.3) is 0 Å². The normalized spacial score (nSPS) is 33.1. The van der Waals surface area contributed by atoms with Crippen LogP contribution in [0.15, 0.2) is 0 Å². The summed E-state index contributed by atoms with van der Waals surface area (Å²) >= 11 is 0. The molecule has 2 fully saturated rings. The molecule has 2 N–H and O–H groups in total. The van der Waals surface area contributed by atoms with E-state index in [-0.39, 0.29) is 13.0 Å². The number of aliphatic hydroxyl groups is 1. The smallest absolute Gasteiger partial charge is 0.322 e. The number of hydrogen-bond acceptors (Lipinski definition) is 4. The summed E-state index contributed by atoms with van der Waals surface area (Å²) in [7, 11) is -3.50. The van der Waals surface area contributed by atoms with Crippen LogP contribution in [0.3, 0.4) is 0 Å². The lowest BCUT2D eigenvalue weighted by Gasteiger charge is -2.20. The van der Waals surface area contributed by atoms with E-state index in [4.69, 9.17) is 5.11 Å². The van der Waals surface area contributed by atoms with Gasteiger partial charge in [-0.15, -0.1) is 0 Å². The fourth-order valence-corrected chi connectivity index (χ4v) is 3.87. The molecule has 1 saturated carbocycles. The van der Waals surface area contributed by atoms with Gasteiger partial charge in [-0.1, -0.05) is 0 Å².